The number of aromatic amines is 1. The van der Waals surface area contributed by atoms with Crippen molar-refractivity contribution in [2.75, 3.05) is 18.4 Å². The Morgan fingerprint density at radius 1 is 1.09 bits per heavy atom. The molecule has 0 aliphatic carbocycles. The summed E-state index contributed by atoms with van der Waals surface area (Å²) in [4.78, 5) is 27.2. The van der Waals surface area contributed by atoms with E-state index in [0.717, 1.165) is 46.3 Å². The number of piperidine rings is 1. The van der Waals surface area contributed by atoms with Gasteiger partial charge in [0.15, 0.2) is 0 Å². The highest BCUT2D eigenvalue weighted by Gasteiger charge is 2.24. The summed E-state index contributed by atoms with van der Waals surface area (Å²) in [5.74, 6) is 0.644. The monoisotopic (exact) mass is 445 g/mol. The van der Waals surface area contributed by atoms with Crippen LogP contribution in [-0.2, 0) is 0 Å². The van der Waals surface area contributed by atoms with Gasteiger partial charge in [-0.05, 0) is 38.0 Å². The summed E-state index contributed by atoms with van der Waals surface area (Å²) in [6.07, 6.45) is 3.33. The van der Waals surface area contributed by atoms with Crippen molar-refractivity contribution in [1.82, 2.24) is 19.9 Å². The number of benzene rings is 2. The van der Waals surface area contributed by atoms with Crippen molar-refractivity contribution in [2.24, 2.45) is 0 Å². The van der Waals surface area contributed by atoms with Crippen LogP contribution in [0.1, 0.15) is 28.9 Å². The molecule has 3 heterocycles. The van der Waals surface area contributed by atoms with Crippen LogP contribution in [-0.4, -0.2) is 44.9 Å². The van der Waals surface area contributed by atoms with Crippen molar-refractivity contribution in [3.8, 4) is 11.3 Å². The van der Waals surface area contributed by atoms with Crippen molar-refractivity contribution >= 4 is 34.4 Å². The van der Waals surface area contributed by atoms with Crippen molar-refractivity contribution in [2.45, 2.75) is 25.8 Å². The van der Waals surface area contributed by atoms with Crippen LogP contribution in [0.25, 0.3) is 22.2 Å². The minimum atomic E-state index is 0.0869. The second-order valence-corrected chi connectivity index (χ2v) is 8.54. The molecule has 1 saturated heterocycles. The van der Waals surface area contributed by atoms with Crippen LogP contribution in [0.15, 0.2) is 60.8 Å². The molecule has 1 aliphatic rings. The van der Waals surface area contributed by atoms with Crippen LogP contribution in [0.4, 0.5) is 5.95 Å². The van der Waals surface area contributed by atoms with Gasteiger partial charge in [-0.3, -0.25) is 4.79 Å². The van der Waals surface area contributed by atoms with E-state index in [0.29, 0.717) is 24.1 Å². The summed E-state index contributed by atoms with van der Waals surface area (Å²) in [6.45, 7) is 3.43. The third-order valence-electron chi connectivity index (χ3n) is 6.01. The number of nitrogens with zero attached hydrogens (tertiary/aromatic N) is 3. The molecule has 4 aromatic rings. The van der Waals surface area contributed by atoms with Crippen LogP contribution < -0.4 is 5.32 Å². The zero-order valence-corrected chi connectivity index (χ0v) is 18.6. The largest absolute Gasteiger partial charge is 0.358 e. The van der Waals surface area contributed by atoms with Gasteiger partial charge in [-0.1, -0.05) is 48.0 Å². The lowest BCUT2D eigenvalue weighted by molar-refractivity contribution is 0.0718. The Kier molecular flexibility index (Phi) is 5.53. The number of aromatic nitrogens is 3. The molecular formula is C25H24ClN5O. The van der Waals surface area contributed by atoms with Crippen LogP contribution >= 0.6 is 11.6 Å². The normalized spacial score (nSPS) is 14.6. The molecule has 0 saturated carbocycles. The van der Waals surface area contributed by atoms with Crippen molar-refractivity contribution in [3.05, 3.63) is 77.1 Å². The topological polar surface area (TPSA) is 73.9 Å². The number of anilines is 1. The predicted octanol–water partition coefficient (Wildman–Crippen LogP) is 5.30. The first-order chi connectivity index (χ1) is 15.6. The highest BCUT2D eigenvalue weighted by molar-refractivity contribution is 6.33. The summed E-state index contributed by atoms with van der Waals surface area (Å²) < 4.78 is 0. The van der Waals surface area contributed by atoms with E-state index in [1.54, 1.807) is 6.20 Å². The average molecular weight is 446 g/mol. The molecule has 162 valence electrons. The van der Waals surface area contributed by atoms with E-state index in [-0.39, 0.29) is 11.9 Å². The smallest absolute Gasteiger partial charge is 0.253 e. The van der Waals surface area contributed by atoms with Gasteiger partial charge in [0.1, 0.15) is 0 Å². The Hall–Kier alpha value is -3.38. The first kappa shape index (κ1) is 20.5. The molecular weight excluding hydrogens is 422 g/mol. The Morgan fingerprint density at radius 2 is 1.81 bits per heavy atom. The maximum absolute atomic E-state index is 12.7. The van der Waals surface area contributed by atoms with E-state index in [9.17, 15) is 4.79 Å². The molecule has 32 heavy (non-hydrogen) atoms. The van der Waals surface area contributed by atoms with E-state index >= 15 is 0 Å². The van der Waals surface area contributed by atoms with E-state index in [1.807, 2.05) is 60.4 Å². The summed E-state index contributed by atoms with van der Waals surface area (Å²) in [5, 5.41) is 5.06. The maximum Gasteiger partial charge on any atom is 0.253 e. The standard InChI is InChI=1S/C25H24ClN5O/c1-16-22(19-9-5-6-10-21(19)28-16)23-20(26)15-27-25(30-23)29-18-11-13-31(14-12-18)24(32)17-7-3-2-4-8-17/h2-10,15,18,28H,11-14H2,1H3,(H,27,29,30). The second-order valence-electron chi connectivity index (χ2n) is 8.14. The van der Waals surface area contributed by atoms with Gasteiger partial charge in [0.25, 0.3) is 5.91 Å². The van der Waals surface area contributed by atoms with Crippen molar-refractivity contribution in [1.29, 1.82) is 0 Å². The second kappa shape index (κ2) is 8.63. The lowest BCUT2D eigenvalue weighted by atomic mass is 10.0. The summed E-state index contributed by atoms with van der Waals surface area (Å²) >= 11 is 6.50. The van der Waals surface area contributed by atoms with Gasteiger partial charge < -0.3 is 15.2 Å². The number of para-hydroxylation sites is 1. The molecule has 0 unspecified atom stereocenters. The number of likely N-dealkylation sites (tertiary alicyclic amines) is 1. The molecule has 7 heteroatoms. The van der Waals surface area contributed by atoms with Gasteiger partial charge >= 0.3 is 0 Å². The predicted molar refractivity (Wildman–Crippen MR) is 128 cm³/mol. The number of amides is 1. The van der Waals surface area contributed by atoms with Crippen LogP contribution in [0.5, 0.6) is 0 Å². The number of rotatable bonds is 4. The summed E-state index contributed by atoms with van der Waals surface area (Å²) in [7, 11) is 0. The van der Waals surface area contributed by atoms with Gasteiger partial charge in [-0.25, -0.2) is 9.97 Å². The fraction of sp³-hybridized carbons (Fsp3) is 0.240. The van der Waals surface area contributed by atoms with Crippen molar-refractivity contribution in [3.63, 3.8) is 0 Å². The molecule has 6 nitrogen and oxygen atoms in total. The highest BCUT2D eigenvalue weighted by atomic mass is 35.5. The molecule has 0 radical (unpaired) electrons. The quantitative estimate of drug-likeness (QED) is 0.446. The molecule has 0 atom stereocenters. The van der Waals surface area contributed by atoms with Crippen molar-refractivity contribution < 1.29 is 4.79 Å². The molecule has 5 rings (SSSR count). The molecule has 0 bridgehead atoms. The number of nitrogens with one attached hydrogen (secondary N) is 2. The lowest BCUT2D eigenvalue weighted by Gasteiger charge is -2.32. The number of hydrogen-bond donors (Lipinski definition) is 2. The number of aryl methyl sites for hydroxylation is 1. The first-order valence-corrected chi connectivity index (χ1v) is 11.2. The Morgan fingerprint density at radius 3 is 2.59 bits per heavy atom. The fourth-order valence-electron chi connectivity index (χ4n) is 4.37. The zero-order valence-electron chi connectivity index (χ0n) is 17.8. The molecule has 2 N–H and O–H groups in total. The fourth-order valence-corrected chi connectivity index (χ4v) is 4.55. The zero-order chi connectivity index (χ0) is 22.1. The first-order valence-electron chi connectivity index (χ1n) is 10.8. The van der Waals surface area contributed by atoms with Gasteiger partial charge in [0.05, 0.1) is 16.9 Å². The van der Waals surface area contributed by atoms with E-state index in [2.05, 4.69) is 21.4 Å². The van der Waals surface area contributed by atoms with E-state index in [4.69, 9.17) is 16.6 Å². The minimum Gasteiger partial charge on any atom is -0.358 e. The van der Waals surface area contributed by atoms with E-state index in [1.165, 1.54) is 0 Å². The van der Waals surface area contributed by atoms with E-state index < -0.39 is 0 Å². The summed E-state index contributed by atoms with van der Waals surface area (Å²) in [6, 6.07) is 17.8. The van der Waals surface area contributed by atoms with Gasteiger partial charge in [0, 0.05) is 46.9 Å². The third kappa shape index (κ3) is 3.94. The number of carbonyl (C=O) groups is 1. The Balaban J connectivity index is 1.31. The molecule has 1 aliphatic heterocycles. The SMILES string of the molecule is Cc1[nH]c2ccccc2c1-c1nc(NC2CCN(C(=O)c3ccccc3)CC2)ncc1Cl. The average Bonchev–Trinajstić information content (AvgIpc) is 3.16. The van der Waals surface area contributed by atoms with Gasteiger partial charge in [-0.2, -0.15) is 0 Å². The van der Waals surface area contributed by atoms with Gasteiger partial charge in [0.2, 0.25) is 5.95 Å². The number of H-pyrrole nitrogens is 1. The number of hydrogen-bond acceptors (Lipinski definition) is 4. The minimum absolute atomic E-state index is 0.0869. The number of fused-ring (bicyclic) bond motifs is 1. The van der Waals surface area contributed by atoms with Gasteiger partial charge in [-0.15, -0.1) is 0 Å². The Labute approximate surface area is 191 Å². The molecule has 2 aromatic heterocycles. The molecule has 2 aromatic carbocycles. The number of halogens is 1. The lowest BCUT2D eigenvalue weighted by Crippen LogP contribution is -2.42. The molecule has 1 fully saturated rings. The number of carbonyl (C=O) groups excluding carboxylic acids is 1. The molecule has 1 amide bonds. The summed E-state index contributed by atoms with van der Waals surface area (Å²) in [5.41, 5.74) is 4.53. The third-order valence-corrected chi connectivity index (χ3v) is 6.29. The van der Waals surface area contributed by atoms with Crippen LogP contribution in [0.3, 0.4) is 0 Å². The van der Waals surface area contributed by atoms with Crippen LogP contribution in [0.2, 0.25) is 5.02 Å². The van der Waals surface area contributed by atoms with Crippen LogP contribution in [0, 0.1) is 6.92 Å². The molecule has 0 spiro atoms. The maximum atomic E-state index is 12.7. The highest BCUT2D eigenvalue weighted by Crippen LogP contribution is 2.35. The Bertz CT molecular complexity index is 1260.